The number of nitriles is 1. The van der Waals surface area contributed by atoms with Crippen LogP contribution in [0.2, 0.25) is 0 Å². The molecule has 0 radical (unpaired) electrons. The van der Waals surface area contributed by atoms with Gasteiger partial charge in [-0.05, 0) is 64.2 Å². The molecule has 34 heavy (non-hydrogen) atoms. The minimum atomic E-state index is -0.393. The summed E-state index contributed by atoms with van der Waals surface area (Å²) in [5.41, 5.74) is 12.6. The van der Waals surface area contributed by atoms with Gasteiger partial charge in [-0.3, -0.25) is 5.32 Å². The van der Waals surface area contributed by atoms with Gasteiger partial charge in [-0.15, -0.1) is 0 Å². The van der Waals surface area contributed by atoms with Crippen LogP contribution in [0.4, 0.5) is 0 Å². The van der Waals surface area contributed by atoms with Crippen LogP contribution in [0.15, 0.2) is 112 Å². The van der Waals surface area contributed by atoms with Crippen LogP contribution in [-0.4, -0.2) is 0 Å². The van der Waals surface area contributed by atoms with E-state index in [1.54, 1.807) is 12.1 Å². The zero-order valence-electron chi connectivity index (χ0n) is 18.3. The maximum Gasteiger partial charge on any atom is 0.0991 e. The number of nitrogens with zero attached hydrogens (tertiary/aromatic N) is 1. The summed E-state index contributed by atoms with van der Waals surface area (Å²) in [6, 6.07) is 34.4. The highest BCUT2D eigenvalue weighted by atomic mass is 79.9. The molecule has 4 aromatic carbocycles. The summed E-state index contributed by atoms with van der Waals surface area (Å²) in [6.07, 6.45) is 3.83. The van der Waals surface area contributed by atoms with Crippen molar-refractivity contribution in [3.05, 3.63) is 134 Å². The van der Waals surface area contributed by atoms with Crippen LogP contribution in [0.3, 0.4) is 0 Å². The molecule has 4 rings (SSSR count). The lowest BCUT2D eigenvalue weighted by atomic mass is 9.99. The van der Waals surface area contributed by atoms with Crippen molar-refractivity contribution in [2.24, 2.45) is 5.73 Å². The second kappa shape index (κ2) is 11.4. The fraction of sp³-hybridized carbons (Fsp3) is 0.0690. The largest absolute Gasteiger partial charge is 0.312 e. The summed E-state index contributed by atoms with van der Waals surface area (Å²) >= 11 is 7.03. The quantitative estimate of drug-likeness (QED) is 0.222. The maximum atomic E-state index is 9.07. The highest BCUT2D eigenvalue weighted by molar-refractivity contribution is 9.10. The topological polar surface area (TPSA) is 61.8 Å². The summed E-state index contributed by atoms with van der Waals surface area (Å²) in [5.74, 6) is 0. The van der Waals surface area contributed by atoms with E-state index in [-0.39, 0.29) is 6.04 Å². The first-order valence-electron chi connectivity index (χ1n) is 10.8. The molecule has 3 nitrogen and oxygen atoms in total. The fourth-order valence-electron chi connectivity index (χ4n) is 3.66. The van der Waals surface area contributed by atoms with E-state index in [1.807, 2.05) is 36.4 Å². The molecule has 4 aromatic rings. The third kappa shape index (κ3) is 6.31. The predicted molar refractivity (Wildman–Crippen MR) is 147 cm³/mol. The molecule has 0 fully saturated rings. The SMILES string of the molecule is N#Cc1ccc(C(N)NC(/C=C/c2cccc(Br)c2)c2ccc(-c3ccc(Br)cc3)cc2)cc1. The number of hydrogen-bond acceptors (Lipinski definition) is 3. The lowest BCUT2D eigenvalue weighted by molar-refractivity contribution is 0.509. The van der Waals surface area contributed by atoms with E-state index in [0.717, 1.165) is 31.2 Å². The van der Waals surface area contributed by atoms with Gasteiger partial charge in [-0.1, -0.05) is 105 Å². The Morgan fingerprint density at radius 3 is 2.00 bits per heavy atom. The van der Waals surface area contributed by atoms with Gasteiger partial charge in [-0.25, -0.2) is 0 Å². The Labute approximate surface area is 217 Å². The molecule has 2 atom stereocenters. The van der Waals surface area contributed by atoms with Gasteiger partial charge in [0.2, 0.25) is 0 Å². The lowest BCUT2D eigenvalue weighted by Gasteiger charge is -2.22. The van der Waals surface area contributed by atoms with E-state index < -0.39 is 6.17 Å². The molecule has 0 aromatic heterocycles. The first-order chi connectivity index (χ1) is 16.5. The predicted octanol–water partition coefficient (Wildman–Crippen LogP) is 7.75. The van der Waals surface area contributed by atoms with Crippen LogP contribution < -0.4 is 11.1 Å². The van der Waals surface area contributed by atoms with Crippen molar-refractivity contribution in [2.75, 3.05) is 0 Å². The Hall–Kier alpha value is -3.01. The van der Waals surface area contributed by atoms with E-state index in [4.69, 9.17) is 11.0 Å². The van der Waals surface area contributed by atoms with Crippen molar-refractivity contribution in [1.82, 2.24) is 5.32 Å². The fourth-order valence-corrected chi connectivity index (χ4v) is 4.34. The van der Waals surface area contributed by atoms with Crippen LogP contribution >= 0.6 is 31.9 Å². The molecule has 0 saturated carbocycles. The zero-order chi connectivity index (χ0) is 23.9. The summed E-state index contributed by atoms with van der Waals surface area (Å²) in [5, 5.41) is 12.6. The molecule has 2 unspecified atom stereocenters. The Balaban J connectivity index is 1.60. The molecule has 0 heterocycles. The van der Waals surface area contributed by atoms with Crippen molar-refractivity contribution in [3.8, 4) is 17.2 Å². The smallest absolute Gasteiger partial charge is 0.0991 e. The van der Waals surface area contributed by atoms with Crippen molar-refractivity contribution < 1.29 is 0 Å². The Morgan fingerprint density at radius 2 is 1.38 bits per heavy atom. The van der Waals surface area contributed by atoms with Crippen molar-refractivity contribution in [1.29, 1.82) is 5.26 Å². The van der Waals surface area contributed by atoms with E-state index in [2.05, 4.69) is 104 Å². The van der Waals surface area contributed by atoms with Gasteiger partial charge in [0, 0.05) is 8.95 Å². The average Bonchev–Trinajstić information content (AvgIpc) is 2.87. The first-order valence-corrected chi connectivity index (χ1v) is 12.4. The van der Waals surface area contributed by atoms with E-state index in [0.29, 0.717) is 5.56 Å². The van der Waals surface area contributed by atoms with Crippen molar-refractivity contribution >= 4 is 37.9 Å². The summed E-state index contributed by atoms with van der Waals surface area (Å²) in [6.45, 7) is 0. The van der Waals surface area contributed by atoms with Crippen molar-refractivity contribution in [3.63, 3.8) is 0 Å². The Kier molecular flexibility index (Phi) is 8.10. The van der Waals surface area contributed by atoms with E-state index >= 15 is 0 Å². The minimum absolute atomic E-state index is 0.108. The van der Waals surface area contributed by atoms with E-state index in [1.165, 1.54) is 5.56 Å². The number of nitrogens with two attached hydrogens (primary N) is 1. The number of benzene rings is 4. The van der Waals surface area contributed by atoms with Gasteiger partial charge in [0.05, 0.1) is 23.8 Å². The van der Waals surface area contributed by atoms with Crippen LogP contribution in [-0.2, 0) is 0 Å². The first kappa shape index (κ1) is 24.1. The summed E-state index contributed by atoms with van der Waals surface area (Å²) in [4.78, 5) is 0. The molecular formula is C29H23Br2N3. The van der Waals surface area contributed by atoms with Gasteiger partial charge in [0.1, 0.15) is 0 Å². The van der Waals surface area contributed by atoms with E-state index in [9.17, 15) is 0 Å². The third-order valence-electron chi connectivity index (χ3n) is 5.54. The average molecular weight is 573 g/mol. The number of hydrogen-bond donors (Lipinski definition) is 2. The Morgan fingerprint density at radius 1 is 0.765 bits per heavy atom. The highest BCUT2D eigenvalue weighted by Gasteiger charge is 2.14. The molecule has 5 heteroatoms. The van der Waals surface area contributed by atoms with Gasteiger partial charge in [-0.2, -0.15) is 5.26 Å². The zero-order valence-corrected chi connectivity index (χ0v) is 21.5. The molecule has 0 saturated heterocycles. The standard InChI is InChI=1S/C29H23Br2N3/c30-26-15-13-23(14-16-26)22-9-11-24(12-10-22)28(17-6-20-2-1-3-27(31)18-20)34-29(33)25-7-4-21(19-32)5-8-25/h1-18,28-29,34H,33H2/b17-6+. The van der Waals surface area contributed by atoms with Crippen LogP contribution in [0.5, 0.6) is 0 Å². The number of rotatable bonds is 7. The van der Waals surface area contributed by atoms with Crippen molar-refractivity contribution in [2.45, 2.75) is 12.2 Å². The molecule has 0 aliphatic carbocycles. The van der Waals surface area contributed by atoms with Crippen LogP contribution in [0, 0.1) is 11.3 Å². The second-order valence-corrected chi connectivity index (χ2v) is 9.73. The Bertz CT molecular complexity index is 1310. The normalized spacial score (nSPS) is 12.9. The van der Waals surface area contributed by atoms with Crippen LogP contribution in [0.25, 0.3) is 17.2 Å². The molecule has 0 bridgehead atoms. The number of nitrogens with one attached hydrogen (secondary N) is 1. The van der Waals surface area contributed by atoms with Gasteiger partial charge >= 0.3 is 0 Å². The highest BCUT2D eigenvalue weighted by Crippen LogP contribution is 2.26. The lowest BCUT2D eigenvalue weighted by Crippen LogP contribution is -2.31. The molecule has 0 aliphatic rings. The summed E-state index contributed by atoms with van der Waals surface area (Å²) < 4.78 is 2.10. The summed E-state index contributed by atoms with van der Waals surface area (Å²) in [7, 11) is 0. The molecular weight excluding hydrogens is 550 g/mol. The van der Waals surface area contributed by atoms with Gasteiger partial charge in [0.25, 0.3) is 0 Å². The third-order valence-corrected chi connectivity index (χ3v) is 6.56. The monoisotopic (exact) mass is 571 g/mol. The molecule has 0 amide bonds. The molecule has 168 valence electrons. The molecule has 0 spiro atoms. The molecule has 3 N–H and O–H groups in total. The maximum absolute atomic E-state index is 9.07. The number of halogens is 2. The second-order valence-electron chi connectivity index (χ2n) is 7.90. The van der Waals surface area contributed by atoms with Crippen LogP contribution in [0.1, 0.15) is 34.5 Å². The van der Waals surface area contributed by atoms with Gasteiger partial charge in [0.15, 0.2) is 0 Å². The minimum Gasteiger partial charge on any atom is -0.312 e. The molecule has 0 aliphatic heterocycles. The van der Waals surface area contributed by atoms with Gasteiger partial charge < -0.3 is 5.73 Å².